The van der Waals surface area contributed by atoms with Crippen LogP contribution < -0.4 is 5.32 Å². The largest absolute Gasteiger partial charge is 0.432 e. The van der Waals surface area contributed by atoms with Crippen molar-refractivity contribution in [2.24, 2.45) is 47.3 Å². The summed E-state index contributed by atoms with van der Waals surface area (Å²) in [5, 5.41) is 46.7. The van der Waals surface area contributed by atoms with E-state index in [1.54, 1.807) is 20.8 Å². The van der Waals surface area contributed by atoms with Gasteiger partial charge in [-0.25, -0.2) is 0 Å². The van der Waals surface area contributed by atoms with E-state index in [0.29, 0.717) is 57.1 Å². The molecule has 6 aliphatic rings. The van der Waals surface area contributed by atoms with Gasteiger partial charge >= 0.3 is 5.97 Å². The third-order valence-electron chi connectivity index (χ3n) is 12.5. The van der Waals surface area contributed by atoms with Gasteiger partial charge in [-0.2, -0.15) is 0 Å². The Kier molecular flexibility index (Phi) is 10.8. The molecule has 0 radical (unpaired) electrons. The molecule has 0 aromatic rings. The van der Waals surface area contributed by atoms with Crippen LogP contribution in [-0.4, -0.2) is 87.1 Å². The predicted molar refractivity (Wildman–Crippen MR) is 169 cm³/mol. The van der Waals surface area contributed by atoms with Crippen LogP contribution in [0.1, 0.15) is 106 Å². The molecule has 1 amide bonds. The molecule has 2 aliphatic carbocycles. The molecule has 5 N–H and O–H groups in total. The van der Waals surface area contributed by atoms with Crippen molar-refractivity contribution in [2.45, 2.75) is 148 Å². The average Bonchev–Trinajstić information content (AvgIpc) is 3.17. The number of nitrogens with one attached hydrogen (secondary N) is 1. The number of hydrogen-bond acceptors (Lipinski definition) is 11. The van der Waals surface area contributed by atoms with Crippen LogP contribution >= 0.6 is 0 Å². The lowest BCUT2D eigenvalue weighted by Gasteiger charge is -2.57. The minimum Gasteiger partial charge on any atom is -0.432 e. The fourth-order valence-corrected chi connectivity index (χ4v) is 9.64. The summed E-state index contributed by atoms with van der Waals surface area (Å²) in [6, 6.07) is 0. The normalized spacial score (nSPS) is 50.7. The van der Waals surface area contributed by atoms with Crippen molar-refractivity contribution in [1.29, 1.82) is 0 Å². The lowest BCUT2D eigenvalue weighted by molar-refractivity contribution is -0.407. The molecular formula is C35H59NO11. The summed E-state index contributed by atoms with van der Waals surface area (Å²) in [6.45, 7) is 13.9. The molecule has 0 spiro atoms. The highest BCUT2D eigenvalue weighted by atomic mass is 16.8. The van der Waals surface area contributed by atoms with Gasteiger partial charge in [0.2, 0.25) is 12.2 Å². The van der Waals surface area contributed by atoms with Crippen LogP contribution in [-0.2, 0) is 33.3 Å². The summed E-state index contributed by atoms with van der Waals surface area (Å²) in [5.41, 5.74) is -2.29. The van der Waals surface area contributed by atoms with Gasteiger partial charge in [0, 0.05) is 43.6 Å². The second kappa shape index (κ2) is 13.7. The first-order valence-electron chi connectivity index (χ1n) is 17.9. The summed E-state index contributed by atoms with van der Waals surface area (Å²) in [4.78, 5) is 23.4. The number of aliphatic hydroxyl groups is 4. The number of amides is 1. The molecule has 0 aromatic heterocycles. The van der Waals surface area contributed by atoms with Gasteiger partial charge in [-0.05, 0) is 76.0 Å². The maximum absolute atomic E-state index is 12.0. The molecule has 4 saturated heterocycles. The standard InChI is InChI=1S/C20H35NO6.C15H24O5/c1-5-16(22)21-10-11-25-17-13(3)15-7-6-12(2)14-8-9-19(4,23)27-18(26-17)20(14,15)24;1-8-4-5-11-9(2)12(16)19-13-15(11,18)10(8)6-7-14(3,17)20-13/h12-15,17-18,23-24H,5-11H2,1-4H3,(H,21,22);8-11,13,17-18H,4-7H2,1-3H3/t12-,13-,14?,15?,17?,18-,19+,20-;8-,9-,10?,11?,13-,14+,15-/m11/s1. The highest BCUT2D eigenvalue weighted by Gasteiger charge is 2.65. The van der Waals surface area contributed by atoms with Crippen molar-refractivity contribution < 1.29 is 53.7 Å². The Morgan fingerprint density at radius 2 is 1.34 bits per heavy atom. The molecule has 0 aromatic carbocycles. The topological polar surface area (TPSA) is 173 Å². The van der Waals surface area contributed by atoms with Crippen molar-refractivity contribution in [1.82, 2.24) is 5.32 Å². The van der Waals surface area contributed by atoms with Gasteiger partial charge in [0.15, 0.2) is 24.2 Å². The van der Waals surface area contributed by atoms with Gasteiger partial charge in [0.05, 0.1) is 12.5 Å². The Labute approximate surface area is 279 Å². The van der Waals surface area contributed by atoms with Crippen LogP contribution in [0.5, 0.6) is 0 Å². The molecule has 0 bridgehead atoms. The molecule has 15 atom stereocenters. The molecule has 270 valence electrons. The first-order chi connectivity index (χ1) is 21.9. The highest BCUT2D eigenvalue weighted by molar-refractivity contribution is 5.75. The second-order valence-electron chi connectivity index (χ2n) is 15.8. The van der Waals surface area contributed by atoms with Crippen LogP contribution in [0.3, 0.4) is 0 Å². The van der Waals surface area contributed by atoms with Crippen molar-refractivity contribution >= 4 is 11.9 Å². The van der Waals surface area contributed by atoms with E-state index in [4.69, 9.17) is 23.7 Å². The Bertz CT molecular complexity index is 1130. The lowest BCUT2D eigenvalue weighted by atomic mass is 9.58. The van der Waals surface area contributed by atoms with E-state index < -0.39 is 41.6 Å². The maximum atomic E-state index is 12.0. The SMILES string of the molecule is CCC(=O)NCCOC1O[C@@H]2O[C@](C)(O)CCC3[C@H](C)CCC([C@H]1C)[C@]32O.C[C@@H]1CCC2[C@@H](C)C(=O)O[C@@H]3O[C@](C)(O)CCC1[C@@]23O. The number of carbonyl (C=O) groups is 2. The first kappa shape index (κ1) is 36.9. The van der Waals surface area contributed by atoms with E-state index in [1.807, 2.05) is 13.8 Å². The Morgan fingerprint density at radius 3 is 1.91 bits per heavy atom. The number of rotatable bonds is 5. The van der Waals surface area contributed by atoms with Crippen LogP contribution in [0.15, 0.2) is 0 Å². The molecule has 12 nitrogen and oxygen atoms in total. The molecule has 4 aliphatic heterocycles. The first-order valence-corrected chi connectivity index (χ1v) is 17.9. The van der Waals surface area contributed by atoms with Crippen molar-refractivity contribution in [2.75, 3.05) is 13.2 Å². The van der Waals surface area contributed by atoms with Gasteiger partial charge in [0.25, 0.3) is 0 Å². The fraction of sp³-hybridized carbons (Fsp3) is 0.943. The van der Waals surface area contributed by atoms with Gasteiger partial charge in [-0.15, -0.1) is 0 Å². The zero-order chi connectivity index (χ0) is 34.5. The van der Waals surface area contributed by atoms with Crippen LogP contribution in [0.25, 0.3) is 0 Å². The van der Waals surface area contributed by atoms with Crippen LogP contribution in [0.4, 0.5) is 0 Å². The number of ether oxygens (including phenoxy) is 5. The zero-order valence-corrected chi connectivity index (χ0v) is 29.3. The monoisotopic (exact) mass is 669 g/mol. The van der Waals surface area contributed by atoms with Crippen LogP contribution in [0.2, 0.25) is 0 Å². The summed E-state index contributed by atoms with van der Waals surface area (Å²) in [6.07, 6.45) is 3.95. The third kappa shape index (κ3) is 7.00. The molecule has 4 heterocycles. The lowest BCUT2D eigenvalue weighted by Crippen LogP contribution is -2.67. The number of esters is 1. The van der Waals surface area contributed by atoms with E-state index in [1.165, 1.54) is 0 Å². The summed E-state index contributed by atoms with van der Waals surface area (Å²) >= 11 is 0. The second-order valence-corrected chi connectivity index (χ2v) is 15.8. The van der Waals surface area contributed by atoms with E-state index in [-0.39, 0.29) is 47.4 Å². The molecule has 2 saturated carbocycles. The predicted octanol–water partition coefficient (Wildman–Crippen LogP) is 3.18. The Hall–Kier alpha value is -1.38. The number of carbonyl (C=O) groups excluding carboxylic acids is 2. The summed E-state index contributed by atoms with van der Waals surface area (Å²) in [5.74, 6) is -2.82. The molecule has 6 fully saturated rings. The van der Waals surface area contributed by atoms with E-state index in [0.717, 1.165) is 25.7 Å². The van der Waals surface area contributed by atoms with Gasteiger partial charge in [-0.3, -0.25) is 9.59 Å². The smallest absolute Gasteiger partial charge is 0.311 e. The number of hydrogen-bond donors (Lipinski definition) is 5. The van der Waals surface area contributed by atoms with E-state index in [2.05, 4.69) is 19.2 Å². The minimum atomic E-state index is -1.36. The van der Waals surface area contributed by atoms with Crippen LogP contribution in [0, 0.1) is 47.3 Å². The third-order valence-corrected chi connectivity index (χ3v) is 12.5. The zero-order valence-electron chi connectivity index (χ0n) is 29.3. The Morgan fingerprint density at radius 1 is 0.809 bits per heavy atom. The maximum Gasteiger partial charge on any atom is 0.311 e. The van der Waals surface area contributed by atoms with E-state index >= 15 is 0 Å². The van der Waals surface area contributed by atoms with Crippen molar-refractivity contribution in [3.8, 4) is 0 Å². The fourth-order valence-electron chi connectivity index (χ4n) is 9.64. The van der Waals surface area contributed by atoms with Gasteiger partial charge in [-0.1, -0.05) is 34.6 Å². The summed E-state index contributed by atoms with van der Waals surface area (Å²) < 4.78 is 28.7. The van der Waals surface area contributed by atoms with Gasteiger partial charge in [0.1, 0.15) is 11.2 Å². The van der Waals surface area contributed by atoms with Gasteiger partial charge < -0.3 is 49.4 Å². The molecular weight excluding hydrogens is 610 g/mol. The van der Waals surface area contributed by atoms with Crippen molar-refractivity contribution in [3.63, 3.8) is 0 Å². The van der Waals surface area contributed by atoms with E-state index in [9.17, 15) is 30.0 Å². The summed E-state index contributed by atoms with van der Waals surface area (Å²) in [7, 11) is 0. The minimum absolute atomic E-state index is 0.00391. The quantitative estimate of drug-likeness (QED) is 0.215. The molecule has 6 rings (SSSR count). The Balaban J connectivity index is 0.000000193. The molecule has 12 heteroatoms. The molecule has 47 heavy (non-hydrogen) atoms. The average molecular weight is 670 g/mol. The molecule has 5 unspecified atom stereocenters. The highest BCUT2D eigenvalue weighted by Crippen LogP contribution is 2.56. The van der Waals surface area contributed by atoms with Crippen molar-refractivity contribution in [3.05, 3.63) is 0 Å².